The maximum atomic E-state index is 12.1. The average Bonchev–Trinajstić information content (AvgIpc) is 3.18. The first-order valence-electron chi connectivity index (χ1n) is 8.92. The van der Waals surface area contributed by atoms with Crippen molar-refractivity contribution < 1.29 is 19.0 Å². The number of amides is 1. The standard InChI is InChI=1S/C22H22N2O4S/c1-15-10-11-29-21(15)22(25)24-23-13-16-4-9-20(27-3)17(12-16)14-28-19-7-5-18(26-2)6-8-19/h4-13H,14H2,1-3H3,(H,24,25). The van der Waals surface area contributed by atoms with Crippen molar-refractivity contribution in [3.63, 3.8) is 0 Å². The number of hydrogen-bond acceptors (Lipinski definition) is 6. The van der Waals surface area contributed by atoms with Crippen molar-refractivity contribution in [3.05, 3.63) is 75.5 Å². The van der Waals surface area contributed by atoms with E-state index in [1.54, 1.807) is 20.4 Å². The summed E-state index contributed by atoms with van der Waals surface area (Å²) in [6.45, 7) is 2.23. The molecule has 0 unspecified atom stereocenters. The largest absolute Gasteiger partial charge is 0.497 e. The van der Waals surface area contributed by atoms with Crippen LogP contribution in [0.3, 0.4) is 0 Å². The number of rotatable bonds is 8. The second-order valence-corrected chi connectivity index (χ2v) is 7.08. The number of methoxy groups -OCH3 is 2. The molecule has 3 aromatic rings. The zero-order chi connectivity index (χ0) is 20.6. The van der Waals surface area contributed by atoms with Gasteiger partial charge in [-0.05, 0) is 72.0 Å². The summed E-state index contributed by atoms with van der Waals surface area (Å²) in [4.78, 5) is 12.8. The first-order valence-corrected chi connectivity index (χ1v) is 9.80. The van der Waals surface area contributed by atoms with Crippen LogP contribution in [0.4, 0.5) is 0 Å². The second-order valence-electron chi connectivity index (χ2n) is 6.17. The first kappa shape index (κ1) is 20.4. The summed E-state index contributed by atoms with van der Waals surface area (Å²) in [5.74, 6) is 2.00. The lowest BCUT2D eigenvalue weighted by atomic mass is 10.1. The number of carbonyl (C=O) groups excluding carboxylic acids is 1. The van der Waals surface area contributed by atoms with Crippen LogP contribution in [-0.2, 0) is 6.61 Å². The van der Waals surface area contributed by atoms with E-state index < -0.39 is 0 Å². The van der Waals surface area contributed by atoms with E-state index in [1.165, 1.54) is 11.3 Å². The van der Waals surface area contributed by atoms with Crippen LogP contribution in [0, 0.1) is 6.92 Å². The monoisotopic (exact) mass is 410 g/mol. The molecule has 0 aliphatic carbocycles. The maximum Gasteiger partial charge on any atom is 0.281 e. The molecule has 0 bridgehead atoms. The van der Waals surface area contributed by atoms with Crippen LogP contribution in [0.1, 0.15) is 26.4 Å². The topological polar surface area (TPSA) is 69.2 Å². The van der Waals surface area contributed by atoms with Crippen LogP contribution < -0.4 is 19.6 Å². The fourth-order valence-electron chi connectivity index (χ4n) is 2.65. The normalized spacial score (nSPS) is 10.7. The average molecular weight is 410 g/mol. The highest BCUT2D eigenvalue weighted by Crippen LogP contribution is 2.23. The third-order valence-electron chi connectivity index (χ3n) is 4.21. The molecule has 150 valence electrons. The minimum atomic E-state index is -0.217. The van der Waals surface area contributed by atoms with Gasteiger partial charge < -0.3 is 14.2 Å². The van der Waals surface area contributed by atoms with Crippen molar-refractivity contribution in [1.29, 1.82) is 0 Å². The summed E-state index contributed by atoms with van der Waals surface area (Å²) in [6.07, 6.45) is 1.59. The number of ether oxygens (including phenoxy) is 3. The number of nitrogens with one attached hydrogen (secondary N) is 1. The van der Waals surface area contributed by atoms with Crippen molar-refractivity contribution in [3.8, 4) is 17.2 Å². The predicted octanol–water partition coefficient (Wildman–Crippen LogP) is 4.42. The van der Waals surface area contributed by atoms with Crippen LogP contribution in [0.5, 0.6) is 17.2 Å². The number of carbonyl (C=O) groups is 1. The van der Waals surface area contributed by atoms with E-state index in [1.807, 2.05) is 60.8 Å². The van der Waals surface area contributed by atoms with E-state index in [4.69, 9.17) is 14.2 Å². The smallest absolute Gasteiger partial charge is 0.281 e. The molecule has 0 saturated heterocycles. The Morgan fingerprint density at radius 2 is 1.83 bits per heavy atom. The van der Waals surface area contributed by atoms with Gasteiger partial charge in [-0.3, -0.25) is 4.79 Å². The van der Waals surface area contributed by atoms with Gasteiger partial charge in [0.1, 0.15) is 23.9 Å². The van der Waals surface area contributed by atoms with Crippen molar-refractivity contribution in [2.45, 2.75) is 13.5 Å². The van der Waals surface area contributed by atoms with Gasteiger partial charge in [-0.15, -0.1) is 11.3 Å². The SMILES string of the molecule is COc1ccc(OCc2cc(C=NNC(=O)c3sccc3C)ccc2OC)cc1. The van der Waals surface area contributed by atoms with Gasteiger partial charge in [0.05, 0.1) is 25.3 Å². The molecule has 0 spiro atoms. The van der Waals surface area contributed by atoms with E-state index in [2.05, 4.69) is 10.5 Å². The van der Waals surface area contributed by atoms with Crippen LogP contribution in [-0.4, -0.2) is 26.3 Å². The Balaban J connectivity index is 1.65. The Kier molecular flexibility index (Phi) is 6.86. The van der Waals surface area contributed by atoms with Gasteiger partial charge in [-0.25, -0.2) is 5.43 Å². The molecule has 0 radical (unpaired) electrons. The Hall–Kier alpha value is -3.32. The van der Waals surface area contributed by atoms with E-state index in [0.717, 1.165) is 28.2 Å². The third-order valence-corrected chi connectivity index (χ3v) is 5.22. The third kappa shape index (κ3) is 5.36. The molecule has 1 amide bonds. The summed E-state index contributed by atoms with van der Waals surface area (Å²) >= 11 is 1.39. The van der Waals surface area contributed by atoms with Crippen LogP contribution in [0.25, 0.3) is 0 Å². The van der Waals surface area contributed by atoms with Crippen molar-refractivity contribution >= 4 is 23.5 Å². The molecule has 3 rings (SSSR count). The molecule has 0 aliphatic heterocycles. The lowest BCUT2D eigenvalue weighted by Gasteiger charge is -2.11. The lowest BCUT2D eigenvalue weighted by Crippen LogP contribution is -2.17. The van der Waals surface area contributed by atoms with E-state index >= 15 is 0 Å². The molecule has 0 aliphatic rings. The van der Waals surface area contributed by atoms with E-state index in [-0.39, 0.29) is 5.91 Å². The number of benzene rings is 2. The van der Waals surface area contributed by atoms with Gasteiger partial charge in [-0.2, -0.15) is 5.10 Å². The Morgan fingerprint density at radius 1 is 1.07 bits per heavy atom. The molecule has 6 nitrogen and oxygen atoms in total. The van der Waals surface area contributed by atoms with Crippen molar-refractivity contribution in [2.24, 2.45) is 5.10 Å². The summed E-state index contributed by atoms with van der Waals surface area (Å²) in [5.41, 5.74) is 5.18. The van der Waals surface area contributed by atoms with Gasteiger partial charge >= 0.3 is 0 Å². The first-order chi connectivity index (χ1) is 14.1. The van der Waals surface area contributed by atoms with Gasteiger partial charge in [0, 0.05) is 5.56 Å². The summed E-state index contributed by atoms with van der Waals surface area (Å²) in [7, 11) is 3.24. The number of nitrogens with zero attached hydrogens (tertiary/aromatic N) is 1. The van der Waals surface area contributed by atoms with Gasteiger partial charge in [0.2, 0.25) is 0 Å². The molecule has 0 atom stereocenters. The van der Waals surface area contributed by atoms with Gasteiger partial charge in [-0.1, -0.05) is 0 Å². The Bertz CT molecular complexity index is 996. The van der Waals surface area contributed by atoms with E-state index in [9.17, 15) is 4.79 Å². The van der Waals surface area contributed by atoms with Gasteiger partial charge in [0.25, 0.3) is 5.91 Å². The van der Waals surface area contributed by atoms with Gasteiger partial charge in [0.15, 0.2) is 0 Å². The zero-order valence-electron chi connectivity index (χ0n) is 16.5. The van der Waals surface area contributed by atoms with E-state index in [0.29, 0.717) is 17.2 Å². The maximum absolute atomic E-state index is 12.1. The minimum absolute atomic E-state index is 0.217. The molecule has 0 saturated carbocycles. The fourth-order valence-corrected chi connectivity index (χ4v) is 3.46. The Labute approximate surface area is 173 Å². The predicted molar refractivity (Wildman–Crippen MR) is 114 cm³/mol. The highest BCUT2D eigenvalue weighted by Gasteiger charge is 2.09. The summed E-state index contributed by atoms with van der Waals surface area (Å²) in [6, 6.07) is 14.9. The second kappa shape index (κ2) is 9.75. The van der Waals surface area contributed by atoms with Crippen LogP contribution in [0.2, 0.25) is 0 Å². The minimum Gasteiger partial charge on any atom is -0.497 e. The van der Waals surface area contributed by atoms with Crippen molar-refractivity contribution in [1.82, 2.24) is 5.43 Å². The zero-order valence-corrected chi connectivity index (χ0v) is 17.3. The quantitative estimate of drug-likeness (QED) is 0.441. The molecular formula is C22H22N2O4S. The molecule has 0 fully saturated rings. The molecule has 2 aromatic carbocycles. The van der Waals surface area contributed by atoms with Crippen LogP contribution >= 0.6 is 11.3 Å². The number of thiophene rings is 1. The lowest BCUT2D eigenvalue weighted by molar-refractivity contribution is 0.0958. The molecular weight excluding hydrogens is 388 g/mol. The highest BCUT2D eigenvalue weighted by molar-refractivity contribution is 7.12. The Morgan fingerprint density at radius 3 is 2.48 bits per heavy atom. The molecule has 1 aromatic heterocycles. The molecule has 29 heavy (non-hydrogen) atoms. The molecule has 1 heterocycles. The highest BCUT2D eigenvalue weighted by atomic mass is 32.1. The summed E-state index contributed by atoms with van der Waals surface area (Å²) in [5, 5.41) is 5.94. The fraction of sp³-hybridized carbons (Fsp3) is 0.182. The number of hydrogen-bond donors (Lipinski definition) is 1. The number of aryl methyl sites for hydroxylation is 1. The number of hydrazone groups is 1. The van der Waals surface area contributed by atoms with Crippen molar-refractivity contribution in [2.75, 3.05) is 14.2 Å². The molecule has 7 heteroatoms. The van der Waals surface area contributed by atoms with Crippen LogP contribution in [0.15, 0.2) is 59.0 Å². The molecule has 1 N–H and O–H groups in total. The summed E-state index contributed by atoms with van der Waals surface area (Å²) < 4.78 is 16.4.